The molecule has 1 amide bonds. The van der Waals surface area contributed by atoms with Crippen LogP contribution in [0.1, 0.15) is 36.7 Å². The molecule has 1 saturated heterocycles. The predicted molar refractivity (Wildman–Crippen MR) is 103 cm³/mol. The lowest BCUT2D eigenvalue weighted by Gasteiger charge is -2.33. The average molecular weight is 376 g/mol. The third-order valence-corrected chi connectivity index (χ3v) is 5.33. The fourth-order valence-corrected chi connectivity index (χ4v) is 3.72. The van der Waals surface area contributed by atoms with Gasteiger partial charge in [0.05, 0.1) is 23.7 Å². The molecule has 1 aliphatic rings. The maximum absolute atomic E-state index is 12.8. The molecule has 2 heterocycles. The molecular weight excluding hydrogens is 350 g/mol. The van der Waals surface area contributed by atoms with Crippen LogP contribution < -0.4 is 4.74 Å². The Labute approximate surface area is 159 Å². The Bertz CT molecular complexity index is 787. The molecule has 3 rings (SSSR count). The molecule has 0 bridgehead atoms. The molecule has 0 spiro atoms. The highest BCUT2D eigenvalue weighted by Gasteiger charge is 2.26. The van der Waals surface area contributed by atoms with E-state index in [9.17, 15) is 4.79 Å². The highest BCUT2D eigenvalue weighted by Crippen LogP contribution is 2.26. The first-order valence-corrected chi connectivity index (χ1v) is 9.59. The van der Waals surface area contributed by atoms with E-state index in [1.807, 2.05) is 47.7 Å². The van der Waals surface area contributed by atoms with Crippen molar-refractivity contribution in [1.29, 1.82) is 0 Å². The largest absolute Gasteiger partial charge is 0.487 e. The lowest BCUT2D eigenvalue weighted by molar-refractivity contribution is -0.133. The van der Waals surface area contributed by atoms with Gasteiger partial charge in [0.15, 0.2) is 0 Å². The second-order valence-electron chi connectivity index (χ2n) is 6.79. The summed E-state index contributed by atoms with van der Waals surface area (Å²) in [5.74, 6) is 0.823. The molecule has 0 radical (unpaired) electrons. The Hall–Kier alpha value is -2.01. The molecule has 0 saturated carbocycles. The van der Waals surface area contributed by atoms with Crippen LogP contribution in [0.5, 0.6) is 5.75 Å². The fraction of sp³-hybridized carbons (Fsp3) is 0.500. The van der Waals surface area contributed by atoms with Crippen LogP contribution >= 0.6 is 11.6 Å². The summed E-state index contributed by atoms with van der Waals surface area (Å²) >= 11 is 6.19. The van der Waals surface area contributed by atoms with E-state index in [1.165, 1.54) is 0 Å². The minimum atomic E-state index is -0.0202. The van der Waals surface area contributed by atoms with Crippen molar-refractivity contribution in [1.82, 2.24) is 14.7 Å². The number of hydrogen-bond acceptors (Lipinski definition) is 3. The molecule has 1 unspecified atom stereocenters. The lowest BCUT2D eigenvalue weighted by Crippen LogP contribution is -2.45. The number of para-hydroxylation sites is 1. The van der Waals surface area contributed by atoms with Gasteiger partial charge < -0.3 is 9.64 Å². The van der Waals surface area contributed by atoms with Crippen molar-refractivity contribution in [2.75, 3.05) is 13.1 Å². The number of carbonyl (C=O) groups excluding carboxylic acids is 1. The maximum atomic E-state index is 12.8. The first-order valence-electron chi connectivity index (χ1n) is 9.21. The minimum absolute atomic E-state index is 0.0202. The quantitative estimate of drug-likeness (QED) is 0.798. The van der Waals surface area contributed by atoms with E-state index in [4.69, 9.17) is 16.3 Å². The molecule has 26 heavy (non-hydrogen) atoms. The zero-order valence-electron chi connectivity index (χ0n) is 15.7. The molecule has 1 atom stereocenters. The van der Waals surface area contributed by atoms with Crippen molar-refractivity contribution in [3.63, 3.8) is 0 Å². The molecule has 1 fully saturated rings. The van der Waals surface area contributed by atoms with E-state index in [2.05, 4.69) is 12.0 Å². The van der Waals surface area contributed by atoms with Crippen LogP contribution in [0.4, 0.5) is 0 Å². The van der Waals surface area contributed by atoms with Crippen molar-refractivity contribution in [2.45, 2.75) is 52.7 Å². The predicted octanol–water partition coefficient (Wildman–Crippen LogP) is 3.79. The van der Waals surface area contributed by atoms with Gasteiger partial charge in [0, 0.05) is 24.3 Å². The highest BCUT2D eigenvalue weighted by atomic mass is 35.5. The summed E-state index contributed by atoms with van der Waals surface area (Å²) in [6.45, 7) is 8.27. The second-order valence-corrected chi connectivity index (χ2v) is 7.20. The van der Waals surface area contributed by atoms with Gasteiger partial charge >= 0.3 is 0 Å². The van der Waals surface area contributed by atoms with E-state index in [1.54, 1.807) is 0 Å². The van der Waals surface area contributed by atoms with E-state index in [0.29, 0.717) is 23.7 Å². The summed E-state index contributed by atoms with van der Waals surface area (Å²) in [6, 6.07) is 7.48. The smallest absolute Gasteiger partial charge is 0.227 e. The van der Waals surface area contributed by atoms with Crippen LogP contribution in [0.3, 0.4) is 0 Å². The zero-order chi connectivity index (χ0) is 18.7. The number of likely N-dealkylation sites (tertiary alicyclic amines) is 1. The summed E-state index contributed by atoms with van der Waals surface area (Å²) in [7, 11) is 0. The van der Waals surface area contributed by atoms with Gasteiger partial charge in [-0.1, -0.05) is 23.7 Å². The number of aromatic nitrogens is 2. The van der Waals surface area contributed by atoms with Gasteiger partial charge in [-0.2, -0.15) is 5.10 Å². The maximum Gasteiger partial charge on any atom is 0.227 e. The van der Waals surface area contributed by atoms with E-state index < -0.39 is 0 Å². The summed E-state index contributed by atoms with van der Waals surface area (Å²) in [5.41, 5.74) is 3.07. The molecule has 0 aliphatic carbocycles. The summed E-state index contributed by atoms with van der Waals surface area (Å²) in [6.07, 6.45) is 2.25. The van der Waals surface area contributed by atoms with Crippen molar-refractivity contribution < 1.29 is 9.53 Å². The van der Waals surface area contributed by atoms with Gasteiger partial charge in [-0.05, 0) is 45.7 Å². The Kier molecular flexibility index (Phi) is 5.87. The number of carbonyl (C=O) groups is 1. The minimum Gasteiger partial charge on any atom is -0.487 e. The number of aryl methyl sites for hydroxylation is 2. The normalized spacial score (nSPS) is 17.4. The number of amides is 1. The molecule has 1 aliphatic heterocycles. The van der Waals surface area contributed by atoms with E-state index in [-0.39, 0.29) is 12.0 Å². The molecule has 140 valence electrons. The first-order chi connectivity index (χ1) is 12.5. The van der Waals surface area contributed by atoms with Crippen molar-refractivity contribution in [3.8, 4) is 5.75 Å². The molecular formula is C20H26ClN3O2. The second kappa shape index (κ2) is 8.12. The molecule has 1 aromatic heterocycles. The summed E-state index contributed by atoms with van der Waals surface area (Å²) in [4.78, 5) is 14.8. The van der Waals surface area contributed by atoms with Crippen LogP contribution in [-0.2, 0) is 17.8 Å². The Morgan fingerprint density at radius 3 is 2.81 bits per heavy atom. The van der Waals surface area contributed by atoms with Crippen molar-refractivity contribution in [3.05, 3.63) is 46.2 Å². The monoisotopic (exact) mass is 375 g/mol. The van der Waals surface area contributed by atoms with Gasteiger partial charge in [0.25, 0.3) is 0 Å². The van der Waals surface area contributed by atoms with Crippen LogP contribution in [0.25, 0.3) is 0 Å². The van der Waals surface area contributed by atoms with E-state index >= 15 is 0 Å². The van der Waals surface area contributed by atoms with Gasteiger partial charge in [-0.3, -0.25) is 9.48 Å². The first kappa shape index (κ1) is 18.8. The molecule has 0 N–H and O–H groups in total. The molecule has 6 heteroatoms. The number of rotatable bonds is 5. The van der Waals surface area contributed by atoms with Crippen LogP contribution in [-0.4, -0.2) is 39.8 Å². The number of nitrogens with zero attached hydrogens (tertiary/aromatic N) is 3. The number of benzene rings is 1. The Morgan fingerprint density at radius 1 is 1.35 bits per heavy atom. The van der Waals surface area contributed by atoms with Gasteiger partial charge in [0.2, 0.25) is 5.91 Å². The molecule has 1 aromatic carbocycles. The zero-order valence-corrected chi connectivity index (χ0v) is 16.4. The third-order valence-electron chi connectivity index (χ3n) is 5.02. The number of ether oxygens (including phenoxy) is 1. The fourth-order valence-electron chi connectivity index (χ4n) is 3.54. The standard InChI is InChI=1S/C20H26ClN3O2/c1-4-24-15(3)17(14(2)22-24)12-20(25)23-11-7-8-16(13-23)26-19-10-6-5-9-18(19)21/h5-6,9-10,16H,4,7-8,11-13H2,1-3H3. The third kappa shape index (κ3) is 4.04. The van der Waals surface area contributed by atoms with Gasteiger partial charge in [-0.15, -0.1) is 0 Å². The number of hydrogen-bond donors (Lipinski definition) is 0. The van der Waals surface area contributed by atoms with Crippen LogP contribution in [0.15, 0.2) is 24.3 Å². The molecule has 5 nitrogen and oxygen atoms in total. The van der Waals surface area contributed by atoms with Crippen LogP contribution in [0, 0.1) is 13.8 Å². The molecule has 2 aromatic rings. The topological polar surface area (TPSA) is 47.4 Å². The SMILES string of the molecule is CCn1nc(C)c(CC(=O)N2CCCC(Oc3ccccc3Cl)C2)c1C. The summed E-state index contributed by atoms with van der Waals surface area (Å²) in [5, 5.41) is 5.12. The Morgan fingerprint density at radius 2 is 2.12 bits per heavy atom. The number of piperidine rings is 1. The lowest BCUT2D eigenvalue weighted by atomic mass is 10.1. The number of halogens is 1. The van der Waals surface area contributed by atoms with Crippen LogP contribution in [0.2, 0.25) is 5.02 Å². The van der Waals surface area contributed by atoms with Crippen molar-refractivity contribution >= 4 is 17.5 Å². The van der Waals surface area contributed by atoms with Crippen molar-refractivity contribution in [2.24, 2.45) is 0 Å². The highest BCUT2D eigenvalue weighted by molar-refractivity contribution is 6.32. The van der Waals surface area contributed by atoms with E-state index in [0.717, 1.165) is 42.9 Å². The average Bonchev–Trinajstić information content (AvgIpc) is 2.91. The Balaban J connectivity index is 1.65. The summed E-state index contributed by atoms with van der Waals surface area (Å²) < 4.78 is 8.00. The van der Waals surface area contributed by atoms with Gasteiger partial charge in [-0.25, -0.2) is 0 Å². The van der Waals surface area contributed by atoms with Gasteiger partial charge in [0.1, 0.15) is 11.9 Å².